The Bertz CT molecular complexity index is 125. The number of nitrogens with two attached hydrogens (primary N) is 2. The van der Waals surface area contributed by atoms with Crippen LogP contribution < -0.4 is 11.5 Å². The molecule has 0 spiro atoms. The molecule has 10 heavy (non-hydrogen) atoms. The number of rotatable bonds is 5. The van der Waals surface area contributed by atoms with Gasteiger partial charge in [-0.3, -0.25) is 9.59 Å². The summed E-state index contributed by atoms with van der Waals surface area (Å²) in [7, 11) is 0. The van der Waals surface area contributed by atoms with Crippen LogP contribution in [0.1, 0.15) is 19.3 Å². The number of primary amides is 1. The predicted octanol–water partition coefficient (Wildman–Crippen LogP) is -0.921. The summed E-state index contributed by atoms with van der Waals surface area (Å²) in [6, 6.07) is -0.570. The standard InChI is InChI=1S/C6H11N2O2/c7-5(4-9)2-1-3-6(8)10/h5H,1-3,7H2,(H2,8,10)/t5-/m0/s1. The largest absolute Gasteiger partial charge is 0.370 e. The Hall–Kier alpha value is -0.900. The minimum atomic E-state index is -0.570. The summed E-state index contributed by atoms with van der Waals surface area (Å²) < 4.78 is 0. The maximum Gasteiger partial charge on any atom is 0.217 e. The second kappa shape index (κ2) is 4.93. The summed E-state index contributed by atoms with van der Waals surface area (Å²) in [6.07, 6.45) is 2.94. The topological polar surface area (TPSA) is 86.2 Å². The zero-order chi connectivity index (χ0) is 7.98. The van der Waals surface area contributed by atoms with Crippen molar-refractivity contribution in [2.24, 2.45) is 11.5 Å². The number of carbonyl (C=O) groups excluding carboxylic acids is 2. The Balaban J connectivity index is 3.19. The highest BCUT2D eigenvalue weighted by atomic mass is 16.1. The first-order chi connectivity index (χ1) is 4.66. The van der Waals surface area contributed by atoms with E-state index in [1.54, 1.807) is 6.29 Å². The van der Waals surface area contributed by atoms with Gasteiger partial charge in [0.25, 0.3) is 0 Å². The Labute approximate surface area is 59.6 Å². The van der Waals surface area contributed by atoms with Crippen LogP contribution in [0.4, 0.5) is 0 Å². The Morgan fingerprint density at radius 3 is 2.60 bits per heavy atom. The van der Waals surface area contributed by atoms with Crippen LogP contribution in [-0.2, 0) is 9.59 Å². The lowest BCUT2D eigenvalue weighted by Crippen LogP contribution is -2.21. The van der Waals surface area contributed by atoms with E-state index in [4.69, 9.17) is 11.5 Å². The van der Waals surface area contributed by atoms with Crippen LogP contribution in [0.5, 0.6) is 0 Å². The van der Waals surface area contributed by atoms with Gasteiger partial charge < -0.3 is 11.5 Å². The second-order valence-corrected chi connectivity index (χ2v) is 2.08. The minimum absolute atomic E-state index is 0.287. The molecule has 0 aromatic heterocycles. The molecule has 0 aliphatic rings. The molecule has 4 nitrogen and oxygen atoms in total. The van der Waals surface area contributed by atoms with E-state index in [-0.39, 0.29) is 12.3 Å². The van der Waals surface area contributed by atoms with E-state index in [9.17, 15) is 9.59 Å². The molecule has 0 saturated carbocycles. The van der Waals surface area contributed by atoms with Crippen molar-refractivity contribution in [3.8, 4) is 0 Å². The van der Waals surface area contributed by atoms with E-state index in [0.29, 0.717) is 12.8 Å². The predicted molar refractivity (Wildman–Crippen MR) is 36.7 cm³/mol. The first-order valence-corrected chi connectivity index (χ1v) is 3.08. The van der Waals surface area contributed by atoms with Crippen LogP contribution >= 0.6 is 0 Å². The van der Waals surface area contributed by atoms with Gasteiger partial charge in [-0.25, -0.2) is 0 Å². The quantitative estimate of drug-likeness (QED) is 0.521. The molecule has 4 N–H and O–H groups in total. The molecule has 0 heterocycles. The fourth-order valence-corrected chi connectivity index (χ4v) is 0.555. The van der Waals surface area contributed by atoms with Gasteiger partial charge >= 0.3 is 0 Å². The summed E-state index contributed by atoms with van der Waals surface area (Å²) in [6.45, 7) is 0. The zero-order valence-corrected chi connectivity index (χ0v) is 5.67. The molecular weight excluding hydrogens is 132 g/mol. The highest BCUT2D eigenvalue weighted by molar-refractivity contribution is 5.73. The molecule has 0 aromatic carbocycles. The number of amides is 1. The number of carbonyl (C=O) groups is 1. The molecule has 0 aliphatic heterocycles. The first-order valence-electron chi connectivity index (χ1n) is 3.08. The highest BCUT2D eigenvalue weighted by Crippen LogP contribution is 1.95. The van der Waals surface area contributed by atoms with Gasteiger partial charge in [-0.15, -0.1) is 0 Å². The van der Waals surface area contributed by atoms with Crippen molar-refractivity contribution in [3.05, 3.63) is 0 Å². The Morgan fingerprint density at radius 1 is 1.60 bits per heavy atom. The van der Waals surface area contributed by atoms with E-state index in [1.807, 2.05) is 0 Å². The summed E-state index contributed by atoms with van der Waals surface area (Å²) in [5, 5.41) is 0. The van der Waals surface area contributed by atoms with Crippen LogP contribution in [-0.4, -0.2) is 18.2 Å². The number of hydrogen-bond donors (Lipinski definition) is 2. The average Bonchev–Trinajstić information content (AvgIpc) is 1.87. The van der Waals surface area contributed by atoms with Crippen molar-refractivity contribution in [2.75, 3.05) is 0 Å². The SMILES string of the molecule is NC(=O)CCC[C@H](N)[C]=O. The summed E-state index contributed by atoms with van der Waals surface area (Å²) in [5.74, 6) is -0.363. The van der Waals surface area contributed by atoms with E-state index in [1.165, 1.54) is 0 Å². The van der Waals surface area contributed by atoms with E-state index in [0.717, 1.165) is 0 Å². The van der Waals surface area contributed by atoms with Gasteiger partial charge in [-0.05, 0) is 12.8 Å². The van der Waals surface area contributed by atoms with Crippen molar-refractivity contribution in [2.45, 2.75) is 25.3 Å². The Kier molecular flexibility index (Phi) is 4.49. The summed E-state index contributed by atoms with van der Waals surface area (Å²) in [5.41, 5.74) is 10.0. The molecule has 0 fully saturated rings. The van der Waals surface area contributed by atoms with Crippen LogP contribution in [0.3, 0.4) is 0 Å². The van der Waals surface area contributed by atoms with Gasteiger partial charge in [0.2, 0.25) is 12.2 Å². The van der Waals surface area contributed by atoms with Crippen LogP contribution in [0.15, 0.2) is 0 Å². The normalized spacial score (nSPS) is 12.5. The van der Waals surface area contributed by atoms with Crippen molar-refractivity contribution < 1.29 is 9.59 Å². The van der Waals surface area contributed by atoms with Crippen LogP contribution in [0.25, 0.3) is 0 Å². The van der Waals surface area contributed by atoms with Gasteiger partial charge in [-0.1, -0.05) is 0 Å². The van der Waals surface area contributed by atoms with Gasteiger partial charge in [0.15, 0.2) is 0 Å². The van der Waals surface area contributed by atoms with Crippen molar-refractivity contribution >= 4 is 12.2 Å². The maximum atomic E-state index is 10.2. The molecule has 0 unspecified atom stereocenters. The Morgan fingerprint density at radius 2 is 2.20 bits per heavy atom. The van der Waals surface area contributed by atoms with Gasteiger partial charge in [0.1, 0.15) is 0 Å². The lowest BCUT2D eigenvalue weighted by Gasteiger charge is -1.98. The van der Waals surface area contributed by atoms with E-state index in [2.05, 4.69) is 0 Å². The molecule has 57 valence electrons. The number of hydrogen-bond acceptors (Lipinski definition) is 3. The third-order valence-corrected chi connectivity index (χ3v) is 1.09. The van der Waals surface area contributed by atoms with Crippen molar-refractivity contribution in [1.29, 1.82) is 0 Å². The molecule has 0 aliphatic carbocycles. The smallest absolute Gasteiger partial charge is 0.217 e. The van der Waals surface area contributed by atoms with Crippen molar-refractivity contribution in [1.82, 2.24) is 0 Å². The molecule has 1 atom stereocenters. The zero-order valence-electron chi connectivity index (χ0n) is 5.67. The third kappa shape index (κ3) is 5.24. The lowest BCUT2D eigenvalue weighted by molar-refractivity contribution is -0.118. The van der Waals surface area contributed by atoms with Crippen LogP contribution in [0.2, 0.25) is 0 Å². The highest BCUT2D eigenvalue weighted by Gasteiger charge is 2.01. The molecule has 1 radical (unpaired) electrons. The summed E-state index contributed by atoms with van der Waals surface area (Å²) >= 11 is 0. The molecule has 0 saturated heterocycles. The van der Waals surface area contributed by atoms with E-state index < -0.39 is 6.04 Å². The molecule has 4 heteroatoms. The molecular formula is C6H11N2O2. The van der Waals surface area contributed by atoms with Crippen LogP contribution in [0, 0.1) is 0 Å². The molecule has 1 amide bonds. The first kappa shape index (κ1) is 9.10. The summed E-state index contributed by atoms with van der Waals surface area (Å²) in [4.78, 5) is 20.0. The average molecular weight is 143 g/mol. The fourth-order valence-electron chi connectivity index (χ4n) is 0.555. The second-order valence-electron chi connectivity index (χ2n) is 2.08. The molecule has 0 aromatic rings. The van der Waals surface area contributed by atoms with Gasteiger partial charge in [-0.2, -0.15) is 0 Å². The molecule has 0 bridgehead atoms. The third-order valence-electron chi connectivity index (χ3n) is 1.09. The van der Waals surface area contributed by atoms with E-state index >= 15 is 0 Å². The lowest BCUT2D eigenvalue weighted by atomic mass is 10.1. The van der Waals surface area contributed by atoms with Crippen molar-refractivity contribution in [3.63, 3.8) is 0 Å². The molecule has 0 rings (SSSR count). The fraction of sp³-hybridized carbons (Fsp3) is 0.667. The minimum Gasteiger partial charge on any atom is -0.370 e. The van der Waals surface area contributed by atoms with Gasteiger partial charge in [0, 0.05) is 6.42 Å². The van der Waals surface area contributed by atoms with Gasteiger partial charge in [0.05, 0.1) is 6.04 Å². The monoisotopic (exact) mass is 143 g/mol. The maximum absolute atomic E-state index is 10.2.